The number of aryl methyl sites for hydroxylation is 1. The maximum Gasteiger partial charge on any atom is 0.291 e. The van der Waals surface area contributed by atoms with Crippen molar-refractivity contribution in [2.45, 2.75) is 13.3 Å². The van der Waals surface area contributed by atoms with Gasteiger partial charge < -0.3 is 5.73 Å². The molecule has 0 unspecified atom stereocenters. The molecule has 0 aliphatic carbocycles. The van der Waals surface area contributed by atoms with Gasteiger partial charge in [-0.1, -0.05) is 59.6 Å². The summed E-state index contributed by atoms with van der Waals surface area (Å²) in [5.41, 5.74) is 9.16. The van der Waals surface area contributed by atoms with Gasteiger partial charge in [-0.15, -0.1) is 0 Å². The number of allylic oxidation sites excluding steroid dienone is 1. The Labute approximate surface area is 136 Å². The lowest BCUT2D eigenvalue weighted by Crippen LogP contribution is -2.04. The zero-order valence-corrected chi connectivity index (χ0v) is 13.7. The second-order valence-corrected chi connectivity index (χ2v) is 6.32. The van der Waals surface area contributed by atoms with Crippen molar-refractivity contribution in [3.05, 3.63) is 76.2 Å². The van der Waals surface area contributed by atoms with Crippen LogP contribution >= 0.6 is 11.6 Å². The van der Waals surface area contributed by atoms with Gasteiger partial charge in [0, 0.05) is 17.6 Å². The number of hydrogen-bond acceptors (Lipinski definition) is 3. The van der Waals surface area contributed by atoms with E-state index < -0.39 is 10.1 Å². The lowest BCUT2D eigenvalue weighted by molar-refractivity contribution is 0.490. The van der Waals surface area contributed by atoms with Crippen molar-refractivity contribution >= 4 is 27.4 Å². The van der Waals surface area contributed by atoms with Crippen LogP contribution in [-0.2, 0) is 16.5 Å². The molecule has 0 radical (unpaired) electrons. The zero-order valence-electron chi connectivity index (χ0n) is 12.1. The van der Waals surface area contributed by atoms with E-state index in [1.54, 1.807) is 24.3 Å². The number of halogens is 1. The lowest BCUT2D eigenvalue weighted by atomic mass is 10.1. The molecule has 0 aromatic heterocycles. The van der Waals surface area contributed by atoms with Gasteiger partial charge in [-0.3, -0.25) is 4.55 Å². The molecule has 0 heterocycles. The minimum atomic E-state index is -4.18. The fraction of sp³-hybridized carbons (Fsp3) is 0.125. The van der Waals surface area contributed by atoms with E-state index in [0.29, 0.717) is 0 Å². The number of nitrogen functional groups attached to an aromatic ring is 1. The van der Waals surface area contributed by atoms with Gasteiger partial charge in [0.05, 0.1) is 4.91 Å². The Kier molecular flexibility index (Phi) is 7.11. The van der Waals surface area contributed by atoms with E-state index in [1.807, 2.05) is 37.3 Å². The SMILES string of the molecule is Cc1ccc(N)cc1.O=S(=O)(O)/C(=C\Cl)Cc1ccccc1. The molecule has 0 aliphatic heterocycles. The highest BCUT2D eigenvalue weighted by atomic mass is 35.5. The molecule has 0 aliphatic rings. The zero-order chi connectivity index (χ0) is 16.6. The van der Waals surface area contributed by atoms with E-state index in [4.69, 9.17) is 21.9 Å². The Balaban J connectivity index is 0.000000255. The first-order chi connectivity index (χ1) is 10.3. The first kappa shape index (κ1) is 18.2. The molecule has 22 heavy (non-hydrogen) atoms. The molecule has 2 rings (SSSR count). The molecule has 118 valence electrons. The van der Waals surface area contributed by atoms with Gasteiger partial charge >= 0.3 is 0 Å². The van der Waals surface area contributed by atoms with Gasteiger partial charge in [0.15, 0.2) is 0 Å². The first-order valence-corrected chi connectivity index (χ1v) is 8.33. The topological polar surface area (TPSA) is 80.4 Å². The molecule has 3 N–H and O–H groups in total. The van der Waals surface area contributed by atoms with Gasteiger partial charge in [-0.25, -0.2) is 0 Å². The van der Waals surface area contributed by atoms with Crippen molar-refractivity contribution in [1.82, 2.24) is 0 Å². The lowest BCUT2D eigenvalue weighted by Gasteiger charge is -2.02. The quantitative estimate of drug-likeness (QED) is 0.658. The van der Waals surface area contributed by atoms with E-state index in [0.717, 1.165) is 16.8 Å². The summed E-state index contributed by atoms with van der Waals surface area (Å²) in [6.45, 7) is 2.04. The van der Waals surface area contributed by atoms with Crippen molar-refractivity contribution in [2.24, 2.45) is 0 Å². The van der Waals surface area contributed by atoms with Crippen LogP contribution in [0.25, 0.3) is 0 Å². The standard InChI is InChI=1S/C9H9ClO3S.C7H9N/c10-7-9(14(11,12)13)6-8-4-2-1-3-5-8;1-6-2-4-7(8)5-3-6/h1-5,7H,6H2,(H,11,12,13);2-5H,8H2,1H3/b9-7-;. The molecule has 4 nitrogen and oxygen atoms in total. The van der Waals surface area contributed by atoms with Gasteiger partial charge in [0.1, 0.15) is 0 Å². The predicted molar refractivity (Wildman–Crippen MR) is 91.2 cm³/mol. The van der Waals surface area contributed by atoms with Crippen molar-refractivity contribution in [2.75, 3.05) is 5.73 Å². The minimum absolute atomic E-state index is 0.100. The third kappa shape index (κ3) is 6.76. The van der Waals surface area contributed by atoms with Crippen LogP contribution in [0.2, 0.25) is 0 Å². The average molecular weight is 340 g/mol. The molecule has 0 spiro atoms. The third-order valence-corrected chi connectivity index (χ3v) is 4.07. The summed E-state index contributed by atoms with van der Waals surface area (Å²) in [5.74, 6) is 0. The highest BCUT2D eigenvalue weighted by Gasteiger charge is 2.13. The van der Waals surface area contributed by atoms with Crippen LogP contribution in [0.4, 0.5) is 5.69 Å². The smallest absolute Gasteiger partial charge is 0.291 e. The molecule has 2 aromatic rings. The largest absolute Gasteiger partial charge is 0.399 e. The Hall–Kier alpha value is -1.82. The Morgan fingerprint density at radius 3 is 2.09 bits per heavy atom. The maximum atomic E-state index is 10.8. The summed E-state index contributed by atoms with van der Waals surface area (Å²) < 4.78 is 30.3. The number of anilines is 1. The van der Waals surface area contributed by atoms with Crippen LogP contribution in [0.1, 0.15) is 11.1 Å². The number of nitrogens with two attached hydrogens (primary N) is 1. The molecule has 0 bridgehead atoms. The molecular weight excluding hydrogens is 322 g/mol. The van der Waals surface area contributed by atoms with Crippen LogP contribution < -0.4 is 5.73 Å². The minimum Gasteiger partial charge on any atom is -0.399 e. The van der Waals surface area contributed by atoms with E-state index in [2.05, 4.69) is 0 Å². The van der Waals surface area contributed by atoms with Crippen molar-refractivity contribution in [3.8, 4) is 0 Å². The molecule has 0 saturated carbocycles. The Bertz CT molecular complexity index is 690. The van der Waals surface area contributed by atoms with Crippen LogP contribution in [0, 0.1) is 6.92 Å². The fourth-order valence-corrected chi connectivity index (χ4v) is 2.43. The molecule has 2 aromatic carbocycles. The summed E-state index contributed by atoms with van der Waals surface area (Å²) in [6.07, 6.45) is 0.100. The molecule has 0 fully saturated rings. The van der Waals surface area contributed by atoms with Crippen molar-refractivity contribution < 1.29 is 13.0 Å². The van der Waals surface area contributed by atoms with Gasteiger partial charge in [0.2, 0.25) is 0 Å². The monoisotopic (exact) mass is 339 g/mol. The summed E-state index contributed by atoms with van der Waals surface area (Å²) in [4.78, 5) is -0.203. The predicted octanol–water partition coefficient (Wildman–Crippen LogP) is 3.77. The van der Waals surface area contributed by atoms with Crippen LogP contribution in [0.15, 0.2) is 65.0 Å². The third-order valence-electron chi connectivity index (χ3n) is 2.75. The van der Waals surface area contributed by atoms with E-state index >= 15 is 0 Å². The molecule has 0 amide bonds. The maximum absolute atomic E-state index is 10.8. The van der Waals surface area contributed by atoms with E-state index in [1.165, 1.54) is 5.56 Å². The van der Waals surface area contributed by atoms with Crippen LogP contribution in [0.3, 0.4) is 0 Å². The van der Waals surface area contributed by atoms with Crippen molar-refractivity contribution in [3.63, 3.8) is 0 Å². The van der Waals surface area contributed by atoms with Crippen molar-refractivity contribution in [1.29, 1.82) is 0 Å². The van der Waals surface area contributed by atoms with Gasteiger partial charge in [0.25, 0.3) is 10.1 Å². The molecular formula is C16H18ClNO3S. The van der Waals surface area contributed by atoms with Gasteiger partial charge in [-0.2, -0.15) is 8.42 Å². The number of hydrogen-bond donors (Lipinski definition) is 2. The average Bonchev–Trinajstić information content (AvgIpc) is 2.48. The number of rotatable bonds is 3. The summed E-state index contributed by atoms with van der Waals surface area (Å²) in [5, 5.41) is 0. The molecule has 6 heteroatoms. The van der Waals surface area contributed by atoms with Gasteiger partial charge in [-0.05, 0) is 24.6 Å². The second-order valence-electron chi connectivity index (χ2n) is 4.62. The molecule has 0 saturated heterocycles. The summed E-state index contributed by atoms with van der Waals surface area (Å²) >= 11 is 5.30. The van der Waals surface area contributed by atoms with Crippen LogP contribution in [-0.4, -0.2) is 13.0 Å². The Morgan fingerprint density at radius 2 is 1.68 bits per heavy atom. The highest BCUT2D eigenvalue weighted by Crippen LogP contribution is 2.13. The normalized spacial score (nSPS) is 11.5. The first-order valence-electron chi connectivity index (χ1n) is 6.45. The summed E-state index contributed by atoms with van der Waals surface area (Å²) in [6, 6.07) is 16.7. The molecule has 0 atom stereocenters. The Morgan fingerprint density at radius 1 is 1.14 bits per heavy atom. The second kappa shape index (κ2) is 8.58. The number of benzene rings is 2. The fourth-order valence-electron chi connectivity index (χ4n) is 1.55. The van der Waals surface area contributed by atoms with E-state index in [-0.39, 0.29) is 11.3 Å². The summed E-state index contributed by atoms with van der Waals surface area (Å²) in [7, 11) is -4.18. The highest BCUT2D eigenvalue weighted by molar-refractivity contribution is 7.89. The van der Waals surface area contributed by atoms with Crippen LogP contribution in [0.5, 0.6) is 0 Å². The van der Waals surface area contributed by atoms with E-state index in [9.17, 15) is 8.42 Å².